The number of hydrogen-bond donors (Lipinski definition) is 0. The molecule has 0 spiro atoms. The second kappa shape index (κ2) is 4.05. The summed E-state index contributed by atoms with van der Waals surface area (Å²) in [4.78, 5) is 0. The summed E-state index contributed by atoms with van der Waals surface area (Å²) in [5.74, 6) is -0.116. The number of benzene rings is 1. The first-order valence-electron chi connectivity index (χ1n) is 4.18. The average molecular weight is 164 g/mol. The van der Waals surface area contributed by atoms with Crippen LogP contribution in [0.15, 0.2) is 24.8 Å². The summed E-state index contributed by atoms with van der Waals surface area (Å²) in [6, 6.07) is 5.24. The lowest BCUT2D eigenvalue weighted by Gasteiger charge is -2.01. The molecule has 0 aromatic heterocycles. The fourth-order valence-electron chi connectivity index (χ4n) is 1.16. The third-order valence-corrected chi connectivity index (χ3v) is 1.83. The third-order valence-electron chi connectivity index (χ3n) is 1.83. The minimum absolute atomic E-state index is 0.116. The molecular formula is C11H13F. The number of halogens is 1. The zero-order chi connectivity index (χ0) is 8.97. The molecule has 1 heteroatoms. The molecule has 12 heavy (non-hydrogen) atoms. The monoisotopic (exact) mass is 164 g/mol. The predicted octanol–water partition coefficient (Wildman–Crippen LogP) is 3.42. The Balaban J connectivity index is 2.94. The van der Waals surface area contributed by atoms with Crippen molar-refractivity contribution in [3.05, 3.63) is 41.7 Å². The lowest BCUT2D eigenvalue weighted by atomic mass is 10.1. The molecule has 0 aliphatic heterocycles. The van der Waals surface area contributed by atoms with Gasteiger partial charge in [-0.2, -0.15) is 0 Å². The van der Waals surface area contributed by atoms with Crippen molar-refractivity contribution in [2.45, 2.75) is 19.8 Å². The Morgan fingerprint density at radius 1 is 1.50 bits per heavy atom. The van der Waals surface area contributed by atoms with Crippen LogP contribution in [0.1, 0.15) is 24.5 Å². The highest BCUT2D eigenvalue weighted by Gasteiger charge is 1.99. The maximum atomic E-state index is 13.2. The van der Waals surface area contributed by atoms with Crippen molar-refractivity contribution < 1.29 is 4.39 Å². The summed E-state index contributed by atoms with van der Waals surface area (Å²) in [7, 11) is 0. The van der Waals surface area contributed by atoms with Crippen molar-refractivity contribution in [2.24, 2.45) is 0 Å². The largest absolute Gasteiger partial charge is 0.207 e. The van der Waals surface area contributed by atoms with E-state index in [1.54, 1.807) is 6.08 Å². The summed E-state index contributed by atoms with van der Waals surface area (Å²) in [6.07, 6.45) is 3.44. The van der Waals surface area contributed by atoms with Crippen LogP contribution in [0.5, 0.6) is 0 Å². The SMILES string of the molecule is C=Cc1ccc(CCC)c(F)c1. The van der Waals surface area contributed by atoms with Crippen LogP contribution in [-0.4, -0.2) is 0 Å². The summed E-state index contributed by atoms with van der Waals surface area (Å²) in [5, 5.41) is 0. The van der Waals surface area contributed by atoms with Gasteiger partial charge in [-0.15, -0.1) is 0 Å². The van der Waals surface area contributed by atoms with E-state index in [-0.39, 0.29) is 5.82 Å². The van der Waals surface area contributed by atoms with Crippen LogP contribution in [0.2, 0.25) is 0 Å². The number of rotatable bonds is 3. The molecule has 0 heterocycles. The van der Waals surface area contributed by atoms with E-state index in [4.69, 9.17) is 0 Å². The van der Waals surface area contributed by atoms with Gasteiger partial charge in [0, 0.05) is 0 Å². The van der Waals surface area contributed by atoms with Crippen molar-refractivity contribution in [3.63, 3.8) is 0 Å². The van der Waals surface area contributed by atoms with Crippen LogP contribution in [0.4, 0.5) is 4.39 Å². The van der Waals surface area contributed by atoms with E-state index < -0.39 is 0 Å². The maximum absolute atomic E-state index is 13.2. The van der Waals surface area contributed by atoms with E-state index in [2.05, 4.69) is 6.58 Å². The molecule has 0 unspecified atom stereocenters. The molecule has 0 radical (unpaired) electrons. The van der Waals surface area contributed by atoms with Gasteiger partial charge in [0.25, 0.3) is 0 Å². The second-order valence-corrected chi connectivity index (χ2v) is 2.80. The van der Waals surface area contributed by atoms with E-state index in [9.17, 15) is 4.39 Å². The molecule has 0 aliphatic rings. The molecule has 0 fully saturated rings. The van der Waals surface area contributed by atoms with Gasteiger partial charge >= 0.3 is 0 Å². The number of hydrogen-bond acceptors (Lipinski definition) is 0. The summed E-state index contributed by atoms with van der Waals surface area (Å²) < 4.78 is 13.2. The highest BCUT2D eigenvalue weighted by Crippen LogP contribution is 2.12. The fourth-order valence-corrected chi connectivity index (χ4v) is 1.16. The molecule has 0 aliphatic carbocycles. The molecule has 1 aromatic rings. The van der Waals surface area contributed by atoms with Crippen LogP contribution in [0, 0.1) is 5.82 Å². The standard InChI is InChI=1S/C11H13F/c1-3-5-10-7-6-9(4-2)8-11(10)12/h4,6-8H,2-3,5H2,1H3. The molecule has 0 bridgehead atoms. The molecule has 1 aromatic carbocycles. The van der Waals surface area contributed by atoms with E-state index in [0.29, 0.717) is 0 Å². The van der Waals surface area contributed by atoms with Gasteiger partial charge in [0.05, 0.1) is 0 Å². The normalized spacial score (nSPS) is 9.83. The van der Waals surface area contributed by atoms with E-state index in [0.717, 1.165) is 24.0 Å². The van der Waals surface area contributed by atoms with Crippen LogP contribution in [0.3, 0.4) is 0 Å². The van der Waals surface area contributed by atoms with Crippen molar-refractivity contribution in [2.75, 3.05) is 0 Å². The van der Waals surface area contributed by atoms with Gasteiger partial charge in [-0.3, -0.25) is 0 Å². The first kappa shape index (κ1) is 8.98. The average Bonchev–Trinajstić information content (AvgIpc) is 2.09. The van der Waals surface area contributed by atoms with E-state index in [1.807, 2.05) is 19.1 Å². The molecule has 0 saturated heterocycles. The Morgan fingerprint density at radius 3 is 2.75 bits per heavy atom. The molecule has 0 nitrogen and oxygen atoms in total. The third kappa shape index (κ3) is 1.94. The van der Waals surface area contributed by atoms with Crippen molar-refractivity contribution >= 4 is 6.08 Å². The number of aryl methyl sites for hydroxylation is 1. The summed E-state index contributed by atoms with van der Waals surface area (Å²) in [5.41, 5.74) is 1.63. The first-order valence-corrected chi connectivity index (χ1v) is 4.18. The van der Waals surface area contributed by atoms with Gasteiger partial charge in [-0.05, 0) is 23.6 Å². The Bertz CT molecular complexity index is 276. The quantitative estimate of drug-likeness (QED) is 0.642. The van der Waals surface area contributed by atoms with Gasteiger partial charge in [0.15, 0.2) is 0 Å². The Kier molecular flexibility index (Phi) is 3.03. The van der Waals surface area contributed by atoms with Gasteiger partial charge in [0.2, 0.25) is 0 Å². The minimum Gasteiger partial charge on any atom is -0.207 e. The molecule has 0 atom stereocenters. The minimum atomic E-state index is -0.116. The van der Waals surface area contributed by atoms with Gasteiger partial charge in [-0.25, -0.2) is 4.39 Å². The molecule has 0 amide bonds. The molecule has 64 valence electrons. The highest BCUT2D eigenvalue weighted by molar-refractivity contribution is 5.47. The van der Waals surface area contributed by atoms with Crippen molar-refractivity contribution in [1.82, 2.24) is 0 Å². The molecular weight excluding hydrogens is 151 g/mol. The zero-order valence-corrected chi connectivity index (χ0v) is 7.31. The Hall–Kier alpha value is -1.11. The van der Waals surface area contributed by atoms with Crippen molar-refractivity contribution in [1.29, 1.82) is 0 Å². The van der Waals surface area contributed by atoms with Gasteiger partial charge in [-0.1, -0.05) is 38.1 Å². The lowest BCUT2D eigenvalue weighted by Crippen LogP contribution is -1.89. The van der Waals surface area contributed by atoms with Gasteiger partial charge in [0.1, 0.15) is 5.82 Å². The van der Waals surface area contributed by atoms with Crippen LogP contribution in [0.25, 0.3) is 6.08 Å². The maximum Gasteiger partial charge on any atom is 0.126 e. The predicted molar refractivity (Wildman–Crippen MR) is 50.5 cm³/mol. The zero-order valence-electron chi connectivity index (χ0n) is 7.31. The second-order valence-electron chi connectivity index (χ2n) is 2.80. The van der Waals surface area contributed by atoms with Crippen LogP contribution >= 0.6 is 0 Å². The Morgan fingerprint density at radius 2 is 2.25 bits per heavy atom. The summed E-state index contributed by atoms with van der Waals surface area (Å²) >= 11 is 0. The first-order chi connectivity index (χ1) is 5.77. The van der Waals surface area contributed by atoms with Crippen molar-refractivity contribution in [3.8, 4) is 0 Å². The highest BCUT2D eigenvalue weighted by atomic mass is 19.1. The smallest absolute Gasteiger partial charge is 0.126 e. The molecule has 0 N–H and O–H groups in total. The molecule has 0 saturated carbocycles. The van der Waals surface area contributed by atoms with Gasteiger partial charge < -0.3 is 0 Å². The van der Waals surface area contributed by atoms with E-state index >= 15 is 0 Å². The fraction of sp³-hybridized carbons (Fsp3) is 0.273. The van der Waals surface area contributed by atoms with Crippen LogP contribution in [-0.2, 0) is 6.42 Å². The van der Waals surface area contributed by atoms with E-state index in [1.165, 1.54) is 6.07 Å². The van der Waals surface area contributed by atoms with Crippen LogP contribution < -0.4 is 0 Å². The molecule has 1 rings (SSSR count). The Labute approximate surface area is 72.7 Å². The lowest BCUT2D eigenvalue weighted by molar-refractivity contribution is 0.607. The summed E-state index contributed by atoms with van der Waals surface area (Å²) in [6.45, 7) is 5.62. The topological polar surface area (TPSA) is 0 Å².